The van der Waals surface area contributed by atoms with Gasteiger partial charge in [0.15, 0.2) is 5.54 Å². The van der Waals surface area contributed by atoms with E-state index < -0.39 is 17.5 Å². The molecule has 0 aromatic rings. The highest BCUT2D eigenvalue weighted by molar-refractivity contribution is 5.86. The number of carboxylic acid groups (broad SMARTS) is 1. The molecular weight excluding hydrogens is 262 g/mol. The summed E-state index contributed by atoms with van der Waals surface area (Å²) in [4.78, 5) is 25.8. The van der Waals surface area contributed by atoms with Crippen molar-refractivity contribution in [3.63, 3.8) is 0 Å². The van der Waals surface area contributed by atoms with Crippen LogP contribution in [0.1, 0.15) is 25.7 Å². The normalized spacial score (nSPS) is 36.8. The number of carboxylic acids is 1. The number of nitrogens with zero attached hydrogens (tertiary/aromatic N) is 1. The van der Waals surface area contributed by atoms with Gasteiger partial charge < -0.3 is 20.5 Å². The number of aliphatic carboxylic acids is 1. The van der Waals surface area contributed by atoms with E-state index in [1.165, 1.54) is 6.42 Å². The Labute approximate surface area is 117 Å². The molecule has 0 spiro atoms. The fraction of sp³-hybridized carbons (Fsp3) is 0.846. The molecule has 20 heavy (non-hydrogen) atoms. The van der Waals surface area contributed by atoms with Crippen LogP contribution in [0, 0.1) is 0 Å². The lowest BCUT2D eigenvalue weighted by Crippen LogP contribution is -2.59. The number of ether oxygens (including phenoxy) is 1. The van der Waals surface area contributed by atoms with Crippen LogP contribution in [-0.4, -0.2) is 65.9 Å². The second-order valence-corrected chi connectivity index (χ2v) is 5.93. The second kappa shape index (κ2) is 5.21. The Morgan fingerprint density at radius 3 is 2.85 bits per heavy atom. The lowest BCUT2D eigenvalue weighted by molar-refractivity contribution is -0.144. The largest absolute Gasteiger partial charge is 0.479 e. The van der Waals surface area contributed by atoms with Gasteiger partial charge in [0.2, 0.25) is 0 Å². The first kappa shape index (κ1) is 13.6. The van der Waals surface area contributed by atoms with Gasteiger partial charge in [-0.05, 0) is 25.8 Å². The highest BCUT2D eigenvalue weighted by atomic mass is 16.5. The van der Waals surface area contributed by atoms with Crippen LogP contribution in [0.3, 0.4) is 0 Å². The highest BCUT2D eigenvalue weighted by Gasteiger charge is 2.45. The summed E-state index contributed by atoms with van der Waals surface area (Å²) in [6.45, 7) is 2.53. The third-order valence-electron chi connectivity index (χ3n) is 4.71. The molecule has 3 rings (SSSR count). The predicted molar refractivity (Wildman–Crippen MR) is 70.5 cm³/mol. The molecular formula is C13H21N3O4. The zero-order valence-corrected chi connectivity index (χ0v) is 11.4. The van der Waals surface area contributed by atoms with Crippen molar-refractivity contribution >= 4 is 12.0 Å². The number of fused-ring (bicyclic) bond motifs is 1. The van der Waals surface area contributed by atoms with Crippen molar-refractivity contribution in [1.82, 2.24) is 15.5 Å². The molecule has 7 nitrogen and oxygen atoms in total. The average Bonchev–Trinajstić information content (AvgIpc) is 3.07. The van der Waals surface area contributed by atoms with E-state index in [0.29, 0.717) is 19.1 Å². The fourth-order valence-corrected chi connectivity index (χ4v) is 3.56. The lowest BCUT2D eigenvalue weighted by Gasteiger charge is -2.26. The van der Waals surface area contributed by atoms with Crippen LogP contribution < -0.4 is 10.6 Å². The first-order valence-electron chi connectivity index (χ1n) is 7.25. The summed E-state index contributed by atoms with van der Waals surface area (Å²) >= 11 is 0. The number of carbonyl (C=O) groups excluding carboxylic acids is 1. The molecule has 3 heterocycles. The van der Waals surface area contributed by atoms with Gasteiger partial charge in [-0.2, -0.15) is 0 Å². The van der Waals surface area contributed by atoms with Crippen molar-refractivity contribution in [3.8, 4) is 0 Å². The maximum Gasteiger partial charge on any atom is 0.332 e. The molecule has 0 bridgehead atoms. The molecule has 3 atom stereocenters. The molecule has 3 aliphatic heterocycles. The molecule has 3 N–H and O–H groups in total. The van der Waals surface area contributed by atoms with Crippen LogP contribution >= 0.6 is 0 Å². The third-order valence-corrected chi connectivity index (χ3v) is 4.71. The van der Waals surface area contributed by atoms with Crippen LogP contribution in [0.5, 0.6) is 0 Å². The zero-order chi connectivity index (χ0) is 14.2. The van der Waals surface area contributed by atoms with Crippen molar-refractivity contribution in [3.05, 3.63) is 0 Å². The molecule has 0 radical (unpaired) electrons. The Morgan fingerprint density at radius 1 is 1.30 bits per heavy atom. The highest BCUT2D eigenvalue weighted by Crippen LogP contribution is 2.28. The van der Waals surface area contributed by atoms with Gasteiger partial charge >= 0.3 is 12.0 Å². The summed E-state index contributed by atoms with van der Waals surface area (Å²) in [6.07, 6.45) is 3.54. The van der Waals surface area contributed by atoms with Crippen LogP contribution in [-0.2, 0) is 9.53 Å². The number of urea groups is 1. The summed E-state index contributed by atoms with van der Waals surface area (Å²) in [7, 11) is 0. The molecule has 7 heteroatoms. The van der Waals surface area contributed by atoms with E-state index in [0.717, 1.165) is 25.9 Å². The summed E-state index contributed by atoms with van der Waals surface area (Å²) in [5.41, 5.74) is -1.27. The Morgan fingerprint density at radius 2 is 2.15 bits per heavy atom. The maximum absolute atomic E-state index is 12.1. The van der Waals surface area contributed by atoms with Crippen molar-refractivity contribution < 1.29 is 19.4 Å². The van der Waals surface area contributed by atoms with Crippen molar-refractivity contribution in [2.75, 3.05) is 26.3 Å². The molecule has 3 unspecified atom stereocenters. The van der Waals surface area contributed by atoms with Gasteiger partial charge in [0.25, 0.3) is 0 Å². The van der Waals surface area contributed by atoms with Crippen molar-refractivity contribution in [2.45, 2.75) is 43.3 Å². The predicted octanol–water partition coefficient (Wildman–Crippen LogP) is -0.234. The van der Waals surface area contributed by atoms with Gasteiger partial charge in [-0.25, -0.2) is 9.59 Å². The molecule has 3 saturated heterocycles. The van der Waals surface area contributed by atoms with E-state index in [9.17, 15) is 14.7 Å². The number of carbonyl (C=O) groups is 2. The van der Waals surface area contributed by atoms with E-state index in [1.54, 1.807) is 0 Å². The summed E-state index contributed by atoms with van der Waals surface area (Å²) in [5, 5.41) is 14.8. The second-order valence-electron chi connectivity index (χ2n) is 5.93. The summed E-state index contributed by atoms with van der Waals surface area (Å²) in [6, 6.07) is 0.156. The standard InChI is InChI=1S/C13H21N3O4/c17-11(18)13(4-7-20-8-13)15-12(19)14-9-3-6-16-5-1-2-10(9)16/h9-10H,1-8H2,(H,17,18)(H2,14,15,19). The van der Waals surface area contributed by atoms with Crippen LogP contribution in [0.2, 0.25) is 0 Å². The smallest absolute Gasteiger partial charge is 0.332 e. The molecule has 0 aromatic carbocycles. The molecule has 0 aliphatic carbocycles. The molecule has 112 valence electrons. The van der Waals surface area contributed by atoms with Gasteiger partial charge in [0, 0.05) is 31.7 Å². The minimum atomic E-state index is -1.27. The fourth-order valence-electron chi connectivity index (χ4n) is 3.56. The van der Waals surface area contributed by atoms with Crippen LogP contribution in [0.25, 0.3) is 0 Å². The topological polar surface area (TPSA) is 90.9 Å². The molecule has 3 aliphatic rings. The van der Waals surface area contributed by atoms with Gasteiger partial charge in [-0.3, -0.25) is 4.90 Å². The average molecular weight is 283 g/mol. The number of rotatable bonds is 3. The van der Waals surface area contributed by atoms with Crippen molar-refractivity contribution in [1.29, 1.82) is 0 Å². The first-order chi connectivity index (χ1) is 9.61. The minimum absolute atomic E-state index is 0.0377. The van der Waals surface area contributed by atoms with E-state index in [2.05, 4.69) is 15.5 Å². The van der Waals surface area contributed by atoms with Crippen molar-refractivity contribution in [2.24, 2.45) is 0 Å². The van der Waals surface area contributed by atoms with E-state index in [4.69, 9.17) is 4.74 Å². The minimum Gasteiger partial charge on any atom is -0.479 e. The first-order valence-corrected chi connectivity index (χ1v) is 7.25. The Bertz CT molecular complexity index is 408. The van der Waals surface area contributed by atoms with Gasteiger partial charge in [0.1, 0.15) is 0 Å². The maximum atomic E-state index is 12.1. The monoisotopic (exact) mass is 283 g/mol. The molecule has 2 amide bonds. The quantitative estimate of drug-likeness (QED) is 0.665. The number of nitrogens with one attached hydrogen (secondary N) is 2. The van der Waals surface area contributed by atoms with Crippen LogP contribution in [0.4, 0.5) is 4.79 Å². The van der Waals surface area contributed by atoms with Crippen LogP contribution in [0.15, 0.2) is 0 Å². The van der Waals surface area contributed by atoms with E-state index >= 15 is 0 Å². The SMILES string of the molecule is O=C(NC1CCN2CCCC12)NC1(C(=O)O)CCOC1. The molecule has 0 saturated carbocycles. The Kier molecular flexibility index (Phi) is 3.55. The Hall–Kier alpha value is -1.34. The number of hydrogen-bond acceptors (Lipinski definition) is 4. The Balaban J connectivity index is 1.58. The van der Waals surface area contributed by atoms with Gasteiger partial charge in [-0.1, -0.05) is 0 Å². The van der Waals surface area contributed by atoms with E-state index in [-0.39, 0.29) is 12.6 Å². The number of amides is 2. The van der Waals surface area contributed by atoms with Gasteiger partial charge in [-0.15, -0.1) is 0 Å². The third kappa shape index (κ3) is 2.35. The lowest BCUT2D eigenvalue weighted by atomic mass is 9.99. The summed E-state index contributed by atoms with van der Waals surface area (Å²) < 4.78 is 5.13. The summed E-state index contributed by atoms with van der Waals surface area (Å²) in [5.74, 6) is -1.03. The van der Waals surface area contributed by atoms with Gasteiger partial charge in [0.05, 0.1) is 6.61 Å². The molecule has 0 aromatic heterocycles. The van der Waals surface area contributed by atoms with E-state index in [1.807, 2.05) is 0 Å². The molecule has 3 fully saturated rings. The number of hydrogen-bond donors (Lipinski definition) is 3. The zero-order valence-electron chi connectivity index (χ0n) is 11.4.